The lowest BCUT2D eigenvalue weighted by molar-refractivity contribution is -0.384. The highest BCUT2D eigenvalue weighted by Gasteiger charge is 2.23. The number of aliphatic carboxylic acids is 1. The fourth-order valence-corrected chi connectivity index (χ4v) is 2.83. The summed E-state index contributed by atoms with van der Waals surface area (Å²) in [7, 11) is 0. The van der Waals surface area contributed by atoms with Gasteiger partial charge in [0.1, 0.15) is 17.5 Å². The second-order valence-electron chi connectivity index (χ2n) is 5.98. The van der Waals surface area contributed by atoms with Gasteiger partial charge < -0.3 is 20.2 Å². The lowest BCUT2D eigenvalue weighted by Gasteiger charge is -2.16. The van der Waals surface area contributed by atoms with Crippen LogP contribution in [0.1, 0.15) is 22.5 Å². The molecule has 0 bridgehead atoms. The molecule has 2 amide bonds. The van der Waals surface area contributed by atoms with Crippen LogP contribution in [0.4, 0.5) is 5.69 Å². The van der Waals surface area contributed by atoms with Crippen molar-refractivity contribution in [3.8, 4) is 0 Å². The molecular weight excluding hydrogens is 414 g/mol. The van der Waals surface area contributed by atoms with Gasteiger partial charge in [0.15, 0.2) is 0 Å². The minimum atomic E-state index is -1.21. The van der Waals surface area contributed by atoms with Crippen molar-refractivity contribution in [2.24, 2.45) is 0 Å². The van der Waals surface area contributed by atoms with Crippen molar-refractivity contribution in [2.75, 3.05) is 12.0 Å². The van der Waals surface area contributed by atoms with E-state index in [1.165, 1.54) is 48.4 Å². The molecule has 1 heterocycles. The molecule has 11 heteroatoms. The van der Waals surface area contributed by atoms with Gasteiger partial charge in [-0.1, -0.05) is 6.07 Å². The number of carboxylic acids is 1. The third-order valence-corrected chi connectivity index (χ3v) is 4.50. The summed E-state index contributed by atoms with van der Waals surface area (Å²) in [5, 5.41) is 25.0. The number of carbonyl (C=O) groups is 3. The number of nitrogens with one attached hydrogen (secondary N) is 2. The minimum Gasteiger partial charge on any atom is -0.480 e. The summed E-state index contributed by atoms with van der Waals surface area (Å²) >= 11 is 1.43. The fourth-order valence-electron chi connectivity index (χ4n) is 2.36. The van der Waals surface area contributed by atoms with Gasteiger partial charge in [-0.15, -0.1) is 0 Å². The zero-order valence-corrected chi connectivity index (χ0v) is 16.7. The van der Waals surface area contributed by atoms with Gasteiger partial charge in [-0.05, 0) is 36.6 Å². The molecule has 0 aliphatic rings. The summed E-state index contributed by atoms with van der Waals surface area (Å²) in [6, 6.07) is 6.94. The lowest BCUT2D eigenvalue weighted by Crippen LogP contribution is -2.44. The Morgan fingerprint density at radius 1 is 1.30 bits per heavy atom. The van der Waals surface area contributed by atoms with E-state index in [4.69, 9.17) is 4.42 Å². The molecule has 1 aromatic carbocycles. The summed E-state index contributed by atoms with van der Waals surface area (Å²) in [6.07, 6.45) is 4.59. The molecule has 0 saturated carbocycles. The molecule has 3 N–H and O–H groups in total. The fraction of sp³-hybridized carbons (Fsp3) is 0.211. The monoisotopic (exact) mass is 433 g/mol. The van der Waals surface area contributed by atoms with E-state index in [-0.39, 0.29) is 29.1 Å². The highest BCUT2D eigenvalue weighted by molar-refractivity contribution is 7.98. The number of rotatable bonds is 10. The van der Waals surface area contributed by atoms with E-state index in [1.807, 2.05) is 6.26 Å². The van der Waals surface area contributed by atoms with E-state index in [0.29, 0.717) is 5.75 Å². The Morgan fingerprint density at radius 2 is 2.07 bits per heavy atom. The Hall–Kier alpha value is -3.60. The van der Waals surface area contributed by atoms with Crippen molar-refractivity contribution < 1.29 is 28.8 Å². The van der Waals surface area contributed by atoms with E-state index >= 15 is 0 Å². The summed E-state index contributed by atoms with van der Waals surface area (Å²) in [6.45, 7) is 0. The summed E-state index contributed by atoms with van der Waals surface area (Å²) < 4.78 is 5.15. The van der Waals surface area contributed by atoms with Crippen LogP contribution >= 0.6 is 11.8 Å². The maximum absolute atomic E-state index is 12.7. The average molecular weight is 433 g/mol. The number of benzene rings is 1. The molecule has 158 valence electrons. The van der Waals surface area contributed by atoms with Crippen molar-refractivity contribution in [3.05, 3.63) is 69.8 Å². The lowest BCUT2D eigenvalue weighted by atomic mass is 10.1. The minimum absolute atomic E-state index is 0.0421. The van der Waals surface area contributed by atoms with Gasteiger partial charge in [0, 0.05) is 23.8 Å². The van der Waals surface area contributed by atoms with Gasteiger partial charge in [-0.3, -0.25) is 19.7 Å². The van der Waals surface area contributed by atoms with Crippen molar-refractivity contribution in [1.29, 1.82) is 0 Å². The SMILES string of the molecule is CSCCC(NC(=O)/C(=C/c1ccco1)NC(=O)c1cccc([N+](=O)[O-])c1)C(=O)O. The molecule has 10 nitrogen and oxygen atoms in total. The Bertz CT molecular complexity index is 957. The molecule has 2 rings (SSSR count). The largest absolute Gasteiger partial charge is 0.480 e. The topological polar surface area (TPSA) is 152 Å². The normalized spacial score (nSPS) is 12.1. The number of thioether (sulfide) groups is 1. The summed E-state index contributed by atoms with van der Waals surface area (Å²) in [5.41, 5.74) is -0.594. The highest BCUT2D eigenvalue weighted by Crippen LogP contribution is 2.14. The first-order chi connectivity index (χ1) is 14.3. The van der Waals surface area contributed by atoms with E-state index < -0.39 is 28.7 Å². The molecule has 0 fully saturated rings. The van der Waals surface area contributed by atoms with E-state index in [0.717, 1.165) is 6.07 Å². The number of furan rings is 1. The summed E-state index contributed by atoms with van der Waals surface area (Å²) in [5.74, 6) is -2.06. The molecule has 0 aliphatic heterocycles. The number of hydrogen-bond acceptors (Lipinski definition) is 7. The maximum Gasteiger partial charge on any atom is 0.326 e. The van der Waals surface area contributed by atoms with Crippen LogP contribution in [0.3, 0.4) is 0 Å². The average Bonchev–Trinajstić information content (AvgIpc) is 3.23. The van der Waals surface area contributed by atoms with Crippen LogP contribution in [-0.4, -0.2) is 45.9 Å². The van der Waals surface area contributed by atoms with Crippen molar-refractivity contribution in [3.63, 3.8) is 0 Å². The summed E-state index contributed by atoms with van der Waals surface area (Å²) in [4.78, 5) is 46.9. The molecule has 0 spiro atoms. The van der Waals surface area contributed by atoms with Gasteiger partial charge in [0.05, 0.1) is 11.2 Å². The highest BCUT2D eigenvalue weighted by atomic mass is 32.2. The predicted molar refractivity (Wildman–Crippen MR) is 110 cm³/mol. The quantitative estimate of drug-likeness (QED) is 0.293. The third-order valence-electron chi connectivity index (χ3n) is 3.86. The number of nitrogens with zero attached hydrogens (tertiary/aromatic N) is 1. The van der Waals surface area contributed by atoms with Gasteiger partial charge in [0.2, 0.25) is 0 Å². The first kappa shape index (κ1) is 22.7. The standard InChI is InChI=1S/C19H19N3O7S/c1-30-9-7-15(19(25)26)20-18(24)16(11-14-6-3-8-29-14)21-17(23)12-4-2-5-13(10-12)22(27)28/h2-6,8,10-11,15H,7,9H2,1H3,(H,20,24)(H,21,23)(H,25,26)/b16-11-. The zero-order chi connectivity index (χ0) is 22.1. The molecule has 1 aromatic heterocycles. The van der Waals surface area contributed by atoms with Crippen LogP contribution in [0, 0.1) is 10.1 Å². The van der Waals surface area contributed by atoms with Gasteiger partial charge in [0.25, 0.3) is 17.5 Å². The van der Waals surface area contributed by atoms with E-state index in [2.05, 4.69) is 10.6 Å². The van der Waals surface area contributed by atoms with Crippen molar-refractivity contribution in [2.45, 2.75) is 12.5 Å². The Balaban J connectivity index is 2.26. The second-order valence-corrected chi connectivity index (χ2v) is 6.97. The first-order valence-electron chi connectivity index (χ1n) is 8.65. The van der Waals surface area contributed by atoms with Crippen LogP contribution in [0.5, 0.6) is 0 Å². The van der Waals surface area contributed by atoms with Gasteiger partial charge in [-0.25, -0.2) is 4.79 Å². The van der Waals surface area contributed by atoms with Crippen LogP contribution in [0.25, 0.3) is 6.08 Å². The smallest absolute Gasteiger partial charge is 0.326 e. The van der Waals surface area contributed by atoms with Crippen LogP contribution in [-0.2, 0) is 9.59 Å². The molecular formula is C19H19N3O7S. The number of hydrogen-bond donors (Lipinski definition) is 3. The third kappa shape index (κ3) is 6.48. The second kappa shape index (κ2) is 10.8. The van der Waals surface area contributed by atoms with Crippen LogP contribution in [0.15, 0.2) is 52.8 Å². The maximum atomic E-state index is 12.7. The number of non-ortho nitro benzene ring substituents is 1. The number of carboxylic acid groups (broad SMARTS) is 1. The Morgan fingerprint density at radius 3 is 2.67 bits per heavy atom. The van der Waals surface area contributed by atoms with E-state index in [1.54, 1.807) is 6.07 Å². The number of nitro benzene ring substituents is 1. The van der Waals surface area contributed by atoms with E-state index in [9.17, 15) is 29.6 Å². The Labute approximate surface area is 175 Å². The first-order valence-corrected chi connectivity index (χ1v) is 10.0. The molecule has 2 aromatic rings. The number of carbonyl (C=O) groups excluding carboxylic acids is 2. The van der Waals surface area contributed by atoms with Crippen molar-refractivity contribution >= 4 is 41.3 Å². The van der Waals surface area contributed by atoms with Gasteiger partial charge >= 0.3 is 5.97 Å². The molecule has 30 heavy (non-hydrogen) atoms. The van der Waals surface area contributed by atoms with Crippen LogP contribution < -0.4 is 10.6 Å². The zero-order valence-electron chi connectivity index (χ0n) is 15.9. The van der Waals surface area contributed by atoms with Crippen LogP contribution in [0.2, 0.25) is 0 Å². The Kier molecular flexibility index (Phi) is 8.18. The molecule has 0 radical (unpaired) electrons. The molecule has 0 saturated heterocycles. The molecule has 1 unspecified atom stereocenters. The number of amides is 2. The predicted octanol–water partition coefficient (Wildman–Crippen LogP) is 2.28. The molecule has 0 aliphatic carbocycles. The number of nitro groups is 1. The molecule has 1 atom stereocenters. The van der Waals surface area contributed by atoms with Gasteiger partial charge in [-0.2, -0.15) is 11.8 Å². The van der Waals surface area contributed by atoms with Crippen molar-refractivity contribution in [1.82, 2.24) is 10.6 Å².